The zero-order valence-electron chi connectivity index (χ0n) is 6.80. The third-order valence-corrected chi connectivity index (χ3v) is 1.40. The molecule has 0 bridgehead atoms. The first kappa shape index (κ1) is 11.9. The van der Waals surface area contributed by atoms with Crippen LogP contribution in [-0.2, 0) is 0 Å². The van der Waals surface area contributed by atoms with Crippen LogP contribution in [0.1, 0.15) is 0 Å². The summed E-state index contributed by atoms with van der Waals surface area (Å²) >= 11 is 0. The lowest BCUT2D eigenvalue weighted by Crippen LogP contribution is -2.10. The number of anilines is 1. The average molecular weight is 211 g/mol. The molecule has 0 radical (unpaired) electrons. The second-order valence-corrected chi connectivity index (χ2v) is 2.11. The molecule has 0 fully saturated rings. The Hall–Kier alpha value is -1.07. The minimum Gasteiger partial charge on any atom is -0.497 e. The maximum atomic E-state index is 12.8. The van der Waals surface area contributed by atoms with Crippen molar-refractivity contribution in [3.8, 4) is 5.75 Å². The molecule has 74 valence electrons. The van der Waals surface area contributed by atoms with Gasteiger partial charge in [0.1, 0.15) is 11.4 Å². The van der Waals surface area contributed by atoms with Gasteiger partial charge in [-0.1, -0.05) is 0 Å². The van der Waals surface area contributed by atoms with Crippen molar-refractivity contribution < 1.29 is 13.5 Å². The Balaban J connectivity index is 0.00000144. The Morgan fingerprint density at radius 2 is 1.77 bits per heavy atom. The molecule has 0 atom stereocenters. The van der Waals surface area contributed by atoms with E-state index >= 15 is 0 Å². The van der Waals surface area contributed by atoms with E-state index in [2.05, 4.69) is 4.74 Å². The van der Waals surface area contributed by atoms with Gasteiger partial charge in [0.2, 0.25) is 0 Å². The first-order chi connectivity index (χ1) is 5.69. The van der Waals surface area contributed by atoms with E-state index in [1.165, 1.54) is 7.11 Å². The van der Waals surface area contributed by atoms with Gasteiger partial charge in [-0.3, -0.25) is 5.84 Å². The number of halogens is 3. The van der Waals surface area contributed by atoms with Crippen LogP contribution in [0.15, 0.2) is 12.1 Å². The number of nitrogens with one attached hydrogen (secondary N) is 1. The van der Waals surface area contributed by atoms with Crippen LogP contribution in [-0.4, -0.2) is 7.11 Å². The van der Waals surface area contributed by atoms with E-state index in [0.717, 1.165) is 12.1 Å². The van der Waals surface area contributed by atoms with Gasteiger partial charge in [0.15, 0.2) is 11.6 Å². The second-order valence-electron chi connectivity index (χ2n) is 2.11. The van der Waals surface area contributed by atoms with Crippen LogP contribution in [0.2, 0.25) is 0 Å². The van der Waals surface area contributed by atoms with Gasteiger partial charge in [-0.15, -0.1) is 12.4 Å². The number of hydrazine groups is 1. The van der Waals surface area contributed by atoms with Crippen LogP contribution in [0.5, 0.6) is 5.75 Å². The highest BCUT2D eigenvalue weighted by Crippen LogP contribution is 2.23. The van der Waals surface area contributed by atoms with Crippen LogP contribution in [0, 0.1) is 11.6 Å². The lowest BCUT2D eigenvalue weighted by molar-refractivity contribution is 0.407. The second kappa shape index (κ2) is 4.84. The first-order valence-corrected chi connectivity index (χ1v) is 3.18. The highest BCUT2D eigenvalue weighted by Gasteiger charge is 2.09. The Morgan fingerprint density at radius 3 is 2.08 bits per heavy atom. The van der Waals surface area contributed by atoms with E-state index in [4.69, 9.17) is 5.84 Å². The van der Waals surface area contributed by atoms with E-state index in [1.54, 1.807) is 0 Å². The van der Waals surface area contributed by atoms with E-state index in [9.17, 15) is 8.78 Å². The van der Waals surface area contributed by atoms with Crippen LogP contribution < -0.4 is 16.0 Å². The number of rotatable bonds is 2. The molecular formula is C7H9ClF2N2O. The van der Waals surface area contributed by atoms with Crippen LogP contribution in [0.3, 0.4) is 0 Å². The molecule has 0 aromatic heterocycles. The Morgan fingerprint density at radius 1 is 1.31 bits per heavy atom. The molecule has 1 aromatic rings. The Kier molecular flexibility index (Phi) is 4.44. The normalized spacial score (nSPS) is 8.92. The highest BCUT2D eigenvalue weighted by molar-refractivity contribution is 5.85. The smallest absolute Gasteiger partial charge is 0.154 e. The predicted octanol–water partition coefficient (Wildman–Crippen LogP) is 1.68. The fourth-order valence-electron chi connectivity index (χ4n) is 0.806. The molecule has 3 N–H and O–H groups in total. The minimum absolute atomic E-state index is 0. The monoisotopic (exact) mass is 210 g/mol. The third-order valence-electron chi connectivity index (χ3n) is 1.40. The van der Waals surface area contributed by atoms with Crippen LogP contribution in [0.25, 0.3) is 0 Å². The lowest BCUT2D eigenvalue weighted by Gasteiger charge is -2.05. The zero-order valence-corrected chi connectivity index (χ0v) is 7.62. The van der Waals surface area contributed by atoms with Crippen molar-refractivity contribution in [1.29, 1.82) is 0 Å². The number of ether oxygens (including phenoxy) is 1. The van der Waals surface area contributed by atoms with Gasteiger partial charge in [-0.05, 0) is 0 Å². The molecule has 13 heavy (non-hydrogen) atoms. The van der Waals surface area contributed by atoms with Crippen molar-refractivity contribution in [1.82, 2.24) is 0 Å². The summed E-state index contributed by atoms with van der Waals surface area (Å²) in [5.74, 6) is 3.42. The van der Waals surface area contributed by atoms with Crippen molar-refractivity contribution in [2.75, 3.05) is 12.5 Å². The molecule has 0 spiro atoms. The number of methoxy groups -OCH3 is 1. The van der Waals surface area contributed by atoms with E-state index in [0.29, 0.717) is 0 Å². The number of nitrogens with two attached hydrogens (primary N) is 1. The summed E-state index contributed by atoms with van der Waals surface area (Å²) in [5.41, 5.74) is 1.54. The van der Waals surface area contributed by atoms with E-state index < -0.39 is 11.6 Å². The van der Waals surface area contributed by atoms with Gasteiger partial charge in [0.25, 0.3) is 0 Å². The molecule has 0 heterocycles. The van der Waals surface area contributed by atoms with Gasteiger partial charge in [0, 0.05) is 12.1 Å². The topological polar surface area (TPSA) is 47.3 Å². The van der Waals surface area contributed by atoms with E-state index in [1.807, 2.05) is 5.43 Å². The summed E-state index contributed by atoms with van der Waals surface area (Å²) in [5, 5.41) is 0. The third kappa shape index (κ3) is 2.43. The minimum atomic E-state index is -0.783. The molecule has 0 saturated heterocycles. The standard InChI is InChI=1S/C7H8F2N2O.ClH/c1-12-4-2-5(8)7(11-10)6(9)3-4;/h2-3,11H,10H2,1H3;1H. The van der Waals surface area contributed by atoms with Crippen molar-refractivity contribution in [3.05, 3.63) is 23.8 Å². The average Bonchev–Trinajstić information content (AvgIpc) is 2.03. The van der Waals surface area contributed by atoms with Gasteiger partial charge in [0.05, 0.1) is 7.11 Å². The molecule has 0 aliphatic carbocycles. The molecule has 0 aliphatic rings. The fraction of sp³-hybridized carbons (Fsp3) is 0.143. The summed E-state index contributed by atoms with van der Waals surface area (Å²) in [4.78, 5) is 0. The molecule has 3 nitrogen and oxygen atoms in total. The van der Waals surface area contributed by atoms with Crippen LogP contribution >= 0.6 is 12.4 Å². The SMILES string of the molecule is COc1cc(F)c(NN)c(F)c1.Cl. The van der Waals surface area contributed by atoms with Crippen LogP contribution in [0.4, 0.5) is 14.5 Å². The molecule has 1 rings (SSSR count). The zero-order chi connectivity index (χ0) is 9.14. The molecule has 0 unspecified atom stereocenters. The Bertz CT molecular complexity index is 273. The van der Waals surface area contributed by atoms with E-state index in [-0.39, 0.29) is 23.8 Å². The van der Waals surface area contributed by atoms with Gasteiger partial charge >= 0.3 is 0 Å². The van der Waals surface area contributed by atoms with Gasteiger partial charge < -0.3 is 10.2 Å². The van der Waals surface area contributed by atoms with Crippen molar-refractivity contribution in [2.24, 2.45) is 5.84 Å². The fourth-order valence-corrected chi connectivity index (χ4v) is 0.806. The summed E-state index contributed by atoms with van der Waals surface area (Å²) < 4.78 is 30.3. The molecule has 6 heteroatoms. The highest BCUT2D eigenvalue weighted by atomic mass is 35.5. The van der Waals surface area contributed by atoms with Crippen molar-refractivity contribution in [3.63, 3.8) is 0 Å². The summed E-state index contributed by atoms with van der Waals surface area (Å²) in [6.07, 6.45) is 0. The molecule has 0 aliphatic heterocycles. The molecule has 0 saturated carbocycles. The lowest BCUT2D eigenvalue weighted by atomic mass is 10.3. The number of benzene rings is 1. The number of hydrogen-bond acceptors (Lipinski definition) is 3. The maximum absolute atomic E-state index is 12.8. The first-order valence-electron chi connectivity index (χ1n) is 3.18. The molecular weight excluding hydrogens is 202 g/mol. The van der Waals surface area contributed by atoms with Crippen molar-refractivity contribution >= 4 is 18.1 Å². The quantitative estimate of drug-likeness (QED) is 0.577. The largest absolute Gasteiger partial charge is 0.497 e. The Labute approximate surface area is 80.3 Å². The predicted molar refractivity (Wildman–Crippen MR) is 48.0 cm³/mol. The van der Waals surface area contributed by atoms with Crippen molar-refractivity contribution in [2.45, 2.75) is 0 Å². The number of hydrogen-bond donors (Lipinski definition) is 2. The summed E-state index contributed by atoms with van der Waals surface area (Å²) in [6.45, 7) is 0. The molecule has 1 aromatic carbocycles. The summed E-state index contributed by atoms with van der Waals surface area (Å²) in [7, 11) is 1.32. The number of nitrogen functional groups attached to an aromatic ring is 1. The summed E-state index contributed by atoms with van der Waals surface area (Å²) in [6, 6.07) is 2.08. The maximum Gasteiger partial charge on any atom is 0.154 e. The molecule has 0 amide bonds. The van der Waals surface area contributed by atoms with Gasteiger partial charge in [-0.25, -0.2) is 8.78 Å². The van der Waals surface area contributed by atoms with Gasteiger partial charge in [-0.2, -0.15) is 0 Å².